The van der Waals surface area contributed by atoms with Gasteiger partial charge in [-0.25, -0.2) is 4.99 Å². The molecule has 0 saturated carbocycles. The van der Waals surface area contributed by atoms with Crippen molar-refractivity contribution in [3.63, 3.8) is 0 Å². The Bertz CT molecular complexity index is 511. The van der Waals surface area contributed by atoms with Crippen LogP contribution in [0.25, 0.3) is 0 Å². The first-order valence-corrected chi connectivity index (χ1v) is 6.77. The van der Waals surface area contributed by atoms with E-state index in [9.17, 15) is 4.79 Å². The van der Waals surface area contributed by atoms with Gasteiger partial charge in [0, 0.05) is 12.6 Å². The SMILES string of the molecule is CCNC(=NCc1ccc(C(N)=O)o1)NC1CC=CC1. The maximum Gasteiger partial charge on any atom is 0.284 e. The lowest BCUT2D eigenvalue weighted by Gasteiger charge is -2.16. The molecule has 1 heterocycles. The van der Waals surface area contributed by atoms with Crippen LogP contribution >= 0.6 is 0 Å². The van der Waals surface area contributed by atoms with Crippen LogP contribution in [0.4, 0.5) is 0 Å². The summed E-state index contributed by atoms with van der Waals surface area (Å²) >= 11 is 0. The molecule has 4 N–H and O–H groups in total. The van der Waals surface area contributed by atoms with Crippen LogP contribution in [-0.4, -0.2) is 24.5 Å². The Balaban J connectivity index is 1.94. The maximum atomic E-state index is 10.9. The highest BCUT2D eigenvalue weighted by atomic mass is 16.3. The monoisotopic (exact) mass is 276 g/mol. The summed E-state index contributed by atoms with van der Waals surface area (Å²) in [4.78, 5) is 15.4. The first-order chi connectivity index (χ1) is 9.69. The van der Waals surface area contributed by atoms with Crippen molar-refractivity contribution in [2.75, 3.05) is 6.54 Å². The summed E-state index contributed by atoms with van der Waals surface area (Å²) in [6.07, 6.45) is 6.34. The third-order valence-corrected chi connectivity index (χ3v) is 2.99. The van der Waals surface area contributed by atoms with E-state index in [2.05, 4.69) is 27.8 Å². The van der Waals surface area contributed by atoms with Gasteiger partial charge < -0.3 is 20.8 Å². The molecule has 1 amide bonds. The lowest BCUT2D eigenvalue weighted by atomic mass is 10.2. The number of amides is 1. The largest absolute Gasteiger partial charge is 0.454 e. The number of guanidine groups is 1. The summed E-state index contributed by atoms with van der Waals surface area (Å²) in [7, 11) is 0. The normalized spacial score (nSPS) is 15.6. The fraction of sp³-hybridized carbons (Fsp3) is 0.429. The third kappa shape index (κ3) is 3.88. The van der Waals surface area contributed by atoms with Gasteiger partial charge in [0.15, 0.2) is 11.7 Å². The molecule has 20 heavy (non-hydrogen) atoms. The molecule has 1 aromatic heterocycles. The van der Waals surface area contributed by atoms with Gasteiger partial charge in [0.2, 0.25) is 0 Å². The van der Waals surface area contributed by atoms with Crippen molar-refractivity contribution in [2.45, 2.75) is 32.4 Å². The predicted octanol–water partition coefficient (Wildman–Crippen LogP) is 1.15. The van der Waals surface area contributed by atoms with E-state index >= 15 is 0 Å². The van der Waals surface area contributed by atoms with Crippen LogP contribution in [0.2, 0.25) is 0 Å². The molecule has 0 fully saturated rings. The van der Waals surface area contributed by atoms with E-state index < -0.39 is 5.91 Å². The first kappa shape index (κ1) is 14.2. The first-order valence-electron chi connectivity index (χ1n) is 6.77. The second-order valence-corrected chi connectivity index (χ2v) is 4.61. The standard InChI is InChI=1S/C14H20N4O2/c1-2-16-14(18-10-5-3-4-6-10)17-9-11-7-8-12(20-11)13(15)19/h3-4,7-8,10H,2,5-6,9H2,1H3,(H2,15,19)(H2,16,17,18). The van der Waals surface area contributed by atoms with Gasteiger partial charge in [0.05, 0.1) is 0 Å². The van der Waals surface area contributed by atoms with Gasteiger partial charge in [-0.05, 0) is 31.9 Å². The second-order valence-electron chi connectivity index (χ2n) is 4.61. The molecule has 0 aliphatic heterocycles. The summed E-state index contributed by atoms with van der Waals surface area (Å²) in [6.45, 7) is 3.17. The molecule has 0 unspecified atom stereocenters. The van der Waals surface area contributed by atoms with E-state index in [-0.39, 0.29) is 5.76 Å². The van der Waals surface area contributed by atoms with Crippen LogP contribution in [0.1, 0.15) is 36.1 Å². The minimum atomic E-state index is -0.567. The number of nitrogens with one attached hydrogen (secondary N) is 2. The minimum absolute atomic E-state index is 0.160. The quantitative estimate of drug-likeness (QED) is 0.427. The highest BCUT2D eigenvalue weighted by Crippen LogP contribution is 2.10. The van der Waals surface area contributed by atoms with Crippen molar-refractivity contribution in [1.82, 2.24) is 10.6 Å². The summed E-state index contributed by atoms with van der Waals surface area (Å²) in [6, 6.07) is 3.67. The molecule has 2 rings (SSSR count). The Morgan fingerprint density at radius 3 is 2.80 bits per heavy atom. The van der Waals surface area contributed by atoms with Crippen LogP contribution in [0.5, 0.6) is 0 Å². The van der Waals surface area contributed by atoms with Crippen molar-refractivity contribution >= 4 is 11.9 Å². The van der Waals surface area contributed by atoms with Gasteiger partial charge in [-0.2, -0.15) is 0 Å². The van der Waals surface area contributed by atoms with Gasteiger partial charge in [-0.1, -0.05) is 12.2 Å². The third-order valence-electron chi connectivity index (χ3n) is 2.99. The molecule has 0 saturated heterocycles. The molecule has 0 aromatic carbocycles. The number of carbonyl (C=O) groups excluding carboxylic acids is 1. The number of carbonyl (C=O) groups is 1. The molecule has 0 spiro atoms. The molecule has 0 radical (unpaired) electrons. The van der Waals surface area contributed by atoms with Crippen molar-refractivity contribution in [1.29, 1.82) is 0 Å². The smallest absolute Gasteiger partial charge is 0.284 e. The Labute approximate surface area is 118 Å². The predicted molar refractivity (Wildman–Crippen MR) is 77.3 cm³/mol. The zero-order chi connectivity index (χ0) is 14.4. The van der Waals surface area contributed by atoms with Crippen molar-refractivity contribution in [3.05, 3.63) is 35.8 Å². The van der Waals surface area contributed by atoms with E-state index in [0.29, 0.717) is 18.3 Å². The second kappa shape index (κ2) is 6.79. The fourth-order valence-electron chi connectivity index (χ4n) is 2.00. The molecular formula is C14H20N4O2. The van der Waals surface area contributed by atoms with Crippen LogP contribution in [0.15, 0.2) is 33.7 Å². The van der Waals surface area contributed by atoms with Crippen LogP contribution in [0.3, 0.4) is 0 Å². The Morgan fingerprint density at radius 2 is 2.20 bits per heavy atom. The molecule has 6 nitrogen and oxygen atoms in total. The number of nitrogens with two attached hydrogens (primary N) is 1. The van der Waals surface area contributed by atoms with E-state index in [0.717, 1.165) is 25.3 Å². The number of rotatable bonds is 5. The number of hydrogen-bond donors (Lipinski definition) is 3. The summed E-state index contributed by atoms with van der Waals surface area (Å²) < 4.78 is 5.29. The topological polar surface area (TPSA) is 92.6 Å². The number of primary amides is 1. The lowest BCUT2D eigenvalue weighted by Crippen LogP contribution is -2.42. The number of nitrogens with zero attached hydrogens (tertiary/aromatic N) is 1. The molecule has 1 aliphatic rings. The molecule has 0 bridgehead atoms. The van der Waals surface area contributed by atoms with Crippen LogP contribution < -0.4 is 16.4 Å². The molecule has 6 heteroatoms. The zero-order valence-corrected chi connectivity index (χ0v) is 11.6. The summed E-state index contributed by atoms with van der Waals surface area (Å²) in [5.41, 5.74) is 5.14. The molecule has 0 atom stereocenters. The highest BCUT2D eigenvalue weighted by molar-refractivity contribution is 5.89. The van der Waals surface area contributed by atoms with Crippen molar-refractivity contribution < 1.29 is 9.21 Å². The average Bonchev–Trinajstić information content (AvgIpc) is 3.07. The Kier molecular flexibility index (Phi) is 4.81. The minimum Gasteiger partial charge on any atom is -0.454 e. The van der Waals surface area contributed by atoms with E-state index in [1.807, 2.05) is 6.92 Å². The highest BCUT2D eigenvalue weighted by Gasteiger charge is 2.12. The number of hydrogen-bond acceptors (Lipinski definition) is 3. The molecular weight excluding hydrogens is 256 g/mol. The number of furan rings is 1. The van der Waals surface area contributed by atoms with Crippen LogP contribution in [-0.2, 0) is 6.54 Å². The average molecular weight is 276 g/mol. The molecule has 1 aliphatic carbocycles. The summed E-state index contributed by atoms with van der Waals surface area (Å²) in [5, 5.41) is 6.55. The van der Waals surface area contributed by atoms with Gasteiger partial charge in [0.25, 0.3) is 5.91 Å². The van der Waals surface area contributed by atoms with E-state index in [1.165, 1.54) is 0 Å². The summed E-state index contributed by atoms with van der Waals surface area (Å²) in [5.74, 6) is 0.953. The Hall–Kier alpha value is -2.24. The van der Waals surface area contributed by atoms with E-state index in [4.69, 9.17) is 10.2 Å². The Morgan fingerprint density at radius 1 is 1.45 bits per heavy atom. The molecule has 1 aromatic rings. The van der Waals surface area contributed by atoms with Gasteiger partial charge in [-0.15, -0.1) is 0 Å². The fourth-order valence-corrected chi connectivity index (χ4v) is 2.00. The van der Waals surface area contributed by atoms with Gasteiger partial charge >= 0.3 is 0 Å². The van der Waals surface area contributed by atoms with Crippen LogP contribution in [0, 0.1) is 0 Å². The van der Waals surface area contributed by atoms with E-state index in [1.54, 1.807) is 12.1 Å². The number of aliphatic imine (C=N–C) groups is 1. The van der Waals surface area contributed by atoms with Gasteiger partial charge in [-0.3, -0.25) is 4.79 Å². The van der Waals surface area contributed by atoms with Gasteiger partial charge in [0.1, 0.15) is 12.3 Å². The molecule has 108 valence electrons. The maximum absolute atomic E-state index is 10.9. The lowest BCUT2D eigenvalue weighted by molar-refractivity contribution is 0.0972. The van der Waals surface area contributed by atoms with Crippen molar-refractivity contribution in [3.8, 4) is 0 Å². The van der Waals surface area contributed by atoms with Crippen molar-refractivity contribution in [2.24, 2.45) is 10.7 Å². The zero-order valence-electron chi connectivity index (χ0n) is 11.6.